The molecule has 0 aliphatic carbocycles. The summed E-state index contributed by atoms with van der Waals surface area (Å²) in [6, 6.07) is 8.43. The van der Waals surface area contributed by atoms with E-state index in [1.807, 2.05) is 18.3 Å². The molecule has 2 aromatic rings. The van der Waals surface area contributed by atoms with E-state index in [1.54, 1.807) is 4.90 Å². The topological polar surface area (TPSA) is 75.1 Å². The Balaban J connectivity index is 1.46. The number of anilines is 1. The third-order valence-electron chi connectivity index (χ3n) is 5.46. The quantitative estimate of drug-likeness (QED) is 0.751. The predicted molar refractivity (Wildman–Crippen MR) is 106 cm³/mol. The van der Waals surface area contributed by atoms with Crippen LogP contribution in [0.4, 0.5) is 10.2 Å². The van der Waals surface area contributed by atoms with E-state index in [9.17, 15) is 17.6 Å². The van der Waals surface area contributed by atoms with Crippen molar-refractivity contribution in [2.24, 2.45) is 0 Å². The molecule has 2 aliphatic rings. The summed E-state index contributed by atoms with van der Waals surface area (Å²) >= 11 is 0. The van der Waals surface area contributed by atoms with Gasteiger partial charge >= 0.3 is 0 Å². The van der Waals surface area contributed by atoms with Crippen LogP contribution in [0.2, 0.25) is 0 Å². The van der Waals surface area contributed by atoms with Gasteiger partial charge in [-0.05, 0) is 49.2 Å². The number of carbonyl (C=O) groups excluding carboxylic acids is 1. The molecular formula is C20H24FN4O3S+. The van der Waals surface area contributed by atoms with Gasteiger partial charge in [-0.2, -0.15) is 4.31 Å². The molecule has 1 aromatic carbocycles. The van der Waals surface area contributed by atoms with Crippen LogP contribution in [-0.4, -0.2) is 62.8 Å². The van der Waals surface area contributed by atoms with Crippen LogP contribution in [0, 0.1) is 5.82 Å². The van der Waals surface area contributed by atoms with Gasteiger partial charge in [-0.3, -0.25) is 9.69 Å². The molecule has 2 aliphatic heterocycles. The van der Waals surface area contributed by atoms with Crippen LogP contribution >= 0.6 is 0 Å². The van der Waals surface area contributed by atoms with E-state index in [0.717, 1.165) is 43.9 Å². The maximum absolute atomic E-state index is 13.1. The Morgan fingerprint density at radius 3 is 2.24 bits per heavy atom. The minimum atomic E-state index is -3.70. The highest BCUT2D eigenvalue weighted by Crippen LogP contribution is 2.23. The molecule has 0 atom stereocenters. The Labute approximate surface area is 169 Å². The number of pyridine rings is 1. The summed E-state index contributed by atoms with van der Waals surface area (Å²) < 4.78 is 40.0. The summed E-state index contributed by atoms with van der Waals surface area (Å²) in [6.45, 7) is 2.89. The zero-order chi connectivity index (χ0) is 20.4. The van der Waals surface area contributed by atoms with E-state index in [-0.39, 0.29) is 23.9 Å². The number of H-pyrrole nitrogens is 1. The lowest BCUT2D eigenvalue weighted by Crippen LogP contribution is -2.50. The third-order valence-corrected chi connectivity index (χ3v) is 7.38. The molecule has 1 amide bonds. The molecule has 29 heavy (non-hydrogen) atoms. The second kappa shape index (κ2) is 8.08. The Bertz CT molecular complexity index is 983. The molecule has 0 saturated carbocycles. The second-order valence-electron chi connectivity index (χ2n) is 7.28. The molecule has 9 heteroatoms. The fraction of sp³-hybridized carbons (Fsp3) is 0.400. The Hall–Kier alpha value is -2.52. The number of hydrogen-bond donors (Lipinski definition) is 0. The van der Waals surface area contributed by atoms with Gasteiger partial charge in [0.15, 0.2) is 0 Å². The molecule has 2 fully saturated rings. The number of piperazine rings is 1. The van der Waals surface area contributed by atoms with Gasteiger partial charge in [0.1, 0.15) is 11.4 Å². The molecule has 0 unspecified atom stereocenters. The van der Waals surface area contributed by atoms with Gasteiger partial charge in [0.2, 0.25) is 10.0 Å². The number of nitrogens with zero attached hydrogens (tertiary/aromatic N) is 3. The lowest BCUT2D eigenvalue weighted by atomic mass is 10.2. The van der Waals surface area contributed by atoms with Crippen LogP contribution in [0.3, 0.4) is 0 Å². The normalized spacial score (nSPS) is 18.2. The number of benzene rings is 1. The molecule has 0 bridgehead atoms. The van der Waals surface area contributed by atoms with Crippen molar-refractivity contribution >= 4 is 21.7 Å². The summed E-state index contributed by atoms with van der Waals surface area (Å²) in [5.41, 5.74) is 0.615. The first-order valence-corrected chi connectivity index (χ1v) is 11.2. The molecule has 7 nitrogen and oxygen atoms in total. The molecule has 0 spiro atoms. The standard InChI is InChI=1S/C20H23FN4O3S/c21-16-5-7-17(8-6-16)29(27,28)25-14-12-24(13-15-25)20(26)18-4-3-9-22-19(18)23-10-1-2-11-23/h3-9H,1-2,10-15H2/p+1. The number of aromatic amines is 1. The fourth-order valence-electron chi connectivity index (χ4n) is 3.86. The number of sulfonamides is 1. The summed E-state index contributed by atoms with van der Waals surface area (Å²) in [6.07, 6.45) is 4.03. The number of aromatic nitrogens is 1. The minimum absolute atomic E-state index is 0.0626. The van der Waals surface area contributed by atoms with Crippen LogP contribution < -0.4 is 9.88 Å². The zero-order valence-corrected chi connectivity index (χ0v) is 16.9. The predicted octanol–water partition coefficient (Wildman–Crippen LogP) is 1.39. The Morgan fingerprint density at radius 2 is 1.59 bits per heavy atom. The molecule has 1 N–H and O–H groups in total. The van der Waals surface area contributed by atoms with Crippen molar-refractivity contribution < 1.29 is 22.6 Å². The van der Waals surface area contributed by atoms with Gasteiger partial charge in [-0.25, -0.2) is 17.8 Å². The number of hydrogen-bond acceptors (Lipinski definition) is 4. The van der Waals surface area contributed by atoms with Gasteiger partial charge in [-0.15, -0.1) is 0 Å². The van der Waals surface area contributed by atoms with Crippen LogP contribution in [-0.2, 0) is 10.0 Å². The van der Waals surface area contributed by atoms with Crippen molar-refractivity contribution in [1.82, 2.24) is 9.21 Å². The number of halogens is 1. The van der Waals surface area contributed by atoms with Crippen molar-refractivity contribution in [3.63, 3.8) is 0 Å². The van der Waals surface area contributed by atoms with E-state index in [1.165, 1.54) is 16.4 Å². The SMILES string of the molecule is O=C(c1ccc[nH+]c1N1CCCC1)N1CCN(S(=O)(=O)c2ccc(F)cc2)CC1. The van der Waals surface area contributed by atoms with E-state index in [2.05, 4.69) is 9.88 Å². The second-order valence-corrected chi connectivity index (χ2v) is 9.21. The molecule has 2 saturated heterocycles. The first-order chi connectivity index (χ1) is 14.0. The maximum atomic E-state index is 13.1. The highest BCUT2D eigenvalue weighted by molar-refractivity contribution is 7.89. The summed E-state index contributed by atoms with van der Waals surface area (Å²) in [5.74, 6) is 0.256. The Morgan fingerprint density at radius 1 is 0.931 bits per heavy atom. The number of nitrogens with one attached hydrogen (secondary N) is 1. The van der Waals surface area contributed by atoms with Gasteiger partial charge in [0.25, 0.3) is 11.7 Å². The Kier molecular flexibility index (Phi) is 5.51. The van der Waals surface area contributed by atoms with Crippen LogP contribution in [0.5, 0.6) is 0 Å². The molecular weight excluding hydrogens is 395 g/mol. The molecule has 3 heterocycles. The van der Waals surface area contributed by atoms with Crippen molar-refractivity contribution in [2.75, 3.05) is 44.2 Å². The first kappa shape index (κ1) is 19.8. The summed E-state index contributed by atoms with van der Waals surface area (Å²) in [5, 5.41) is 0. The van der Waals surface area contributed by atoms with Crippen LogP contribution in [0.1, 0.15) is 23.2 Å². The fourth-order valence-corrected chi connectivity index (χ4v) is 5.28. The molecule has 0 radical (unpaired) electrons. The number of rotatable bonds is 4. The number of amides is 1. The average molecular weight is 420 g/mol. The summed E-state index contributed by atoms with van der Waals surface area (Å²) in [7, 11) is -3.70. The van der Waals surface area contributed by atoms with Crippen LogP contribution in [0.15, 0.2) is 47.5 Å². The molecule has 154 valence electrons. The molecule has 4 rings (SSSR count). The molecule has 1 aromatic heterocycles. The van der Waals surface area contributed by atoms with Crippen molar-refractivity contribution in [3.8, 4) is 0 Å². The van der Waals surface area contributed by atoms with E-state index in [0.29, 0.717) is 18.7 Å². The van der Waals surface area contributed by atoms with E-state index >= 15 is 0 Å². The van der Waals surface area contributed by atoms with Gasteiger partial charge < -0.3 is 4.90 Å². The summed E-state index contributed by atoms with van der Waals surface area (Å²) in [4.78, 5) is 20.2. The monoisotopic (exact) mass is 419 g/mol. The van der Waals surface area contributed by atoms with Gasteiger partial charge in [-0.1, -0.05) is 0 Å². The van der Waals surface area contributed by atoms with Crippen molar-refractivity contribution in [1.29, 1.82) is 0 Å². The average Bonchev–Trinajstić information content (AvgIpc) is 3.28. The minimum Gasteiger partial charge on any atom is -0.336 e. The van der Waals surface area contributed by atoms with Gasteiger partial charge in [0.05, 0.1) is 24.2 Å². The maximum Gasteiger partial charge on any atom is 0.287 e. The highest BCUT2D eigenvalue weighted by Gasteiger charge is 2.33. The highest BCUT2D eigenvalue weighted by atomic mass is 32.2. The van der Waals surface area contributed by atoms with Crippen molar-refractivity contribution in [3.05, 3.63) is 54.0 Å². The third kappa shape index (κ3) is 3.97. The van der Waals surface area contributed by atoms with Crippen LogP contribution in [0.25, 0.3) is 0 Å². The van der Waals surface area contributed by atoms with Crippen molar-refractivity contribution in [2.45, 2.75) is 17.7 Å². The van der Waals surface area contributed by atoms with Gasteiger partial charge in [0, 0.05) is 26.2 Å². The number of carbonyl (C=O) groups is 1. The smallest absolute Gasteiger partial charge is 0.287 e. The lowest BCUT2D eigenvalue weighted by molar-refractivity contribution is -0.364. The van der Waals surface area contributed by atoms with E-state index in [4.69, 9.17) is 0 Å². The van der Waals surface area contributed by atoms with E-state index < -0.39 is 15.8 Å². The lowest BCUT2D eigenvalue weighted by Gasteiger charge is -2.34. The zero-order valence-electron chi connectivity index (χ0n) is 16.1. The largest absolute Gasteiger partial charge is 0.336 e. The first-order valence-electron chi connectivity index (χ1n) is 9.77.